The molecule has 0 fully saturated rings. The van der Waals surface area contributed by atoms with Crippen molar-refractivity contribution in [2.24, 2.45) is 5.73 Å². The summed E-state index contributed by atoms with van der Waals surface area (Å²) < 4.78 is 6.84. The van der Waals surface area contributed by atoms with E-state index in [1.807, 2.05) is 37.3 Å². The van der Waals surface area contributed by atoms with Gasteiger partial charge in [0.25, 0.3) is 5.56 Å². The topological polar surface area (TPSA) is 85.4 Å². The molecule has 2 heterocycles. The number of aromatic nitrogens is 3. The van der Waals surface area contributed by atoms with Crippen LogP contribution in [0.25, 0.3) is 16.9 Å². The number of H-pyrrole nitrogens is 1. The molecule has 0 saturated heterocycles. The highest BCUT2D eigenvalue weighted by Gasteiger charge is 2.10. The van der Waals surface area contributed by atoms with E-state index in [1.54, 1.807) is 6.92 Å². The summed E-state index contributed by atoms with van der Waals surface area (Å²) in [7, 11) is 0. The van der Waals surface area contributed by atoms with E-state index in [1.165, 1.54) is 10.6 Å². The molecule has 0 aliphatic carbocycles. The second kappa shape index (κ2) is 5.65. The molecule has 1 unspecified atom stereocenters. The smallest absolute Gasteiger partial charge is 0.272 e. The van der Waals surface area contributed by atoms with Crippen LogP contribution < -0.4 is 16.0 Å². The van der Waals surface area contributed by atoms with Gasteiger partial charge in [0.1, 0.15) is 5.75 Å². The Morgan fingerprint density at radius 3 is 2.68 bits per heavy atom. The Kier molecular flexibility index (Phi) is 3.68. The Bertz CT molecular complexity index is 847. The van der Waals surface area contributed by atoms with Crippen molar-refractivity contribution >= 4 is 5.65 Å². The van der Waals surface area contributed by atoms with Gasteiger partial charge in [-0.25, -0.2) is 9.50 Å². The molecular formula is C16H18N4O2. The molecule has 22 heavy (non-hydrogen) atoms. The maximum Gasteiger partial charge on any atom is 0.272 e. The van der Waals surface area contributed by atoms with E-state index in [2.05, 4.69) is 10.1 Å². The third-order valence-electron chi connectivity index (χ3n) is 3.41. The standard InChI is InChI=1S/C16H18N4O2/c1-3-22-12-6-4-11(5-7-12)14-8-15-18-13(10(2)17)9-16(21)20(15)19-14/h4-10,19H,3,17H2,1-2H3. The average molecular weight is 298 g/mol. The van der Waals surface area contributed by atoms with Gasteiger partial charge in [-0.2, -0.15) is 0 Å². The zero-order valence-corrected chi connectivity index (χ0v) is 12.5. The summed E-state index contributed by atoms with van der Waals surface area (Å²) in [5.41, 5.74) is 8.54. The molecule has 114 valence electrons. The molecule has 6 nitrogen and oxygen atoms in total. The van der Waals surface area contributed by atoms with Crippen molar-refractivity contribution in [2.45, 2.75) is 19.9 Å². The quantitative estimate of drug-likeness (QED) is 0.772. The van der Waals surface area contributed by atoms with Crippen LogP contribution in [0.5, 0.6) is 5.75 Å². The number of nitrogens with zero attached hydrogens (tertiary/aromatic N) is 2. The molecular weight excluding hydrogens is 280 g/mol. The highest BCUT2D eigenvalue weighted by atomic mass is 16.5. The minimum Gasteiger partial charge on any atom is -0.494 e. The summed E-state index contributed by atoms with van der Waals surface area (Å²) >= 11 is 0. The number of aromatic amines is 1. The van der Waals surface area contributed by atoms with Crippen LogP contribution in [0, 0.1) is 0 Å². The Morgan fingerprint density at radius 2 is 2.05 bits per heavy atom. The maximum absolute atomic E-state index is 12.1. The lowest BCUT2D eigenvalue weighted by atomic mass is 10.1. The zero-order chi connectivity index (χ0) is 15.7. The number of nitrogens with two attached hydrogens (primary N) is 1. The highest BCUT2D eigenvalue weighted by Crippen LogP contribution is 2.22. The van der Waals surface area contributed by atoms with Gasteiger partial charge in [0.15, 0.2) is 5.65 Å². The van der Waals surface area contributed by atoms with E-state index >= 15 is 0 Å². The first-order valence-electron chi connectivity index (χ1n) is 7.20. The SMILES string of the molecule is CCOc1ccc(-c2cc3nc(C(C)N)cc(=O)n3[nH]2)cc1. The summed E-state index contributed by atoms with van der Waals surface area (Å²) in [5, 5.41) is 3.06. The summed E-state index contributed by atoms with van der Waals surface area (Å²) in [6.07, 6.45) is 0. The Balaban J connectivity index is 2.04. The number of ether oxygens (including phenoxy) is 1. The van der Waals surface area contributed by atoms with Gasteiger partial charge in [0.2, 0.25) is 0 Å². The summed E-state index contributed by atoms with van der Waals surface area (Å²) in [6, 6.07) is 10.7. The van der Waals surface area contributed by atoms with Crippen LogP contribution in [0.4, 0.5) is 0 Å². The molecule has 1 atom stereocenters. The van der Waals surface area contributed by atoms with Gasteiger partial charge in [-0.1, -0.05) is 0 Å². The van der Waals surface area contributed by atoms with Crippen molar-refractivity contribution in [3.05, 3.63) is 52.4 Å². The van der Waals surface area contributed by atoms with Gasteiger partial charge in [-0.05, 0) is 43.7 Å². The van der Waals surface area contributed by atoms with Crippen LogP contribution in [-0.4, -0.2) is 21.2 Å². The predicted octanol–water partition coefficient (Wildman–Crippen LogP) is 2.11. The van der Waals surface area contributed by atoms with Gasteiger partial charge in [-0.15, -0.1) is 0 Å². The first-order valence-corrected chi connectivity index (χ1v) is 7.20. The van der Waals surface area contributed by atoms with Crippen LogP contribution in [0.15, 0.2) is 41.2 Å². The molecule has 0 bridgehead atoms. The van der Waals surface area contributed by atoms with E-state index in [0.717, 1.165) is 17.0 Å². The largest absolute Gasteiger partial charge is 0.494 e. The summed E-state index contributed by atoms with van der Waals surface area (Å²) in [6.45, 7) is 4.38. The van der Waals surface area contributed by atoms with Crippen molar-refractivity contribution in [2.75, 3.05) is 6.61 Å². The average Bonchev–Trinajstić information content (AvgIpc) is 2.93. The number of benzene rings is 1. The molecule has 0 saturated carbocycles. The molecule has 0 aliphatic heterocycles. The molecule has 3 N–H and O–H groups in total. The number of hydrogen-bond donors (Lipinski definition) is 2. The highest BCUT2D eigenvalue weighted by molar-refractivity contribution is 5.64. The van der Waals surface area contributed by atoms with Gasteiger partial charge in [0, 0.05) is 18.2 Å². The third kappa shape index (κ3) is 2.60. The van der Waals surface area contributed by atoms with Crippen molar-refractivity contribution in [1.29, 1.82) is 0 Å². The van der Waals surface area contributed by atoms with Crippen molar-refractivity contribution in [1.82, 2.24) is 14.6 Å². The lowest BCUT2D eigenvalue weighted by Crippen LogP contribution is -2.18. The van der Waals surface area contributed by atoms with E-state index in [4.69, 9.17) is 10.5 Å². The van der Waals surface area contributed by atoms with Crippen molar-refractivity contribution in [3.63, 3.8) is 0 Å². The minimum atomic E-state index is -0.276. The van der Waals surface area contributed by atoms with Gasteiger partial charge in [0.05, 0.1) is 18.0 Å². The fourth-order valence-corrected chi connectivity index (χ4v) is 2.29. The van der Waals surface area contributed by atoms with Crippen LogP contribution in [-0.2, 0) is 0 Å². The third-order valence-corrected chi connectivity index (χ3v) is 3.41. The van der Waals surface area contributed by atoms with E-state index < -0.39 is 0 Å². The summed E-state index contributed by atoms with van der Waals surface area (Å²) in [4.78, 5) is 16.5. The Hall–Kier alpha value is -2.60. The number of nitrogens with one attached hydrogen (secondary N) is 1. The molecule has 3 rings (SSSR count). The van der Waals surface area contributed by atoms with Crippen molar-refractivity contribution in [3.8, 4) is 17.0 Å². The first kappa shape index (κ1) is 14.3. The molecule has 0 amide bonds. The zero-order valence-electron chi connectivity index (χ0n) is 12.5. The lowest BCUT2D eigenvalue weighted by Gasteiger charge is -2.03. The Labute approximate surface area is 127 Å². The van der Waals surface area contributed by atoms with Crippen molar-refractivity contribution < 1.29 is 4.74 Å². The van der Waals surface area contributed by atoms with Crippen LogP contribution in [0.3, 0.4) is 0 Å². The number of rotatable bonds is 4. The molecule has 1 aromatic carbocycles. The van der Waals surface area contributed by atoms with E-state index in [0.29, 0.717) is 17.9 Å². The van der Waals surface area contributed by atoms with Gasteiger partial charge < -0.3 is 10.5 Å². The fraction of sp³-hybridized carbons (Fsp3) is 0.250. The van der Waals surface area contributed by atoms with Crippen LogP contribution >= 0.6 is 0 Å². The lowest BCUT2D eigenvalue weighted by molar-refractivity contribution is 0.340. The molecule has 0 spiro atoms. The molecule has 2 aromatic heterocycles. The van der Waals surface area contributed by atoms with Crippen LogP contribution in [0.2, 0.25) is 0 Å². The monoisotopic (exact) mass is 298 g/mol. The second-order valence-electron chi connectivity index (χ2n) is 5.13. The second-order valence-corrected chi connectivity index (χ2v) is 5.13. The predicted molar refractivity (Wildman–Crippen MR) is 85.0 cm³/mol. The maximum atomic E-state index is 12.1. The van der Waals surface area contributed by atoms with Gasteiger partial charge in [-0.3, -0.25) is 9.89 Å². The van der Waals surface area contributed by atoms with E-state index in [9.17, 15) is 4.79 Å². The summed E-state index contributed by atoms with van der Waals surface area (Å²) in [5.74, 6) is 0.817. The fourth-order valence-electron chi connectivity index (χ4n) is 2.29. The number of fused-ring (bicyclic) bond motifs is 1. The Morgan fingerprint density at radius 1 is 1.32 bits per heavy atom. The number of hydrogen-bond acceptors (Lipinski definition) is 4. The van der Waals surface area contributed by atoms with Gasteiger partial charge >= 0.3 is 0 Å². The molecule has 6 heteroatoms. The molecule has 0 radical (unpaired) electrons. The minimum absolute atomic E-state index is 0.172. The van der Waals surface area contributed by atoms with E-state index in [-0.39, 0.29) is 11.6 Å². The normalized spacial score (nSPS) is 12.5. The molecule has 3 aromatic rings. The van der Waals surface area contributed by atoms with Crippen LogP contribution in [0.1, 0.15) is 25.6 Å². The molecule has 0 aliphatic rings. The first-order chi connectivity index (χ1) is 10.6.